The van der Waals surface area contributed by atoms with E-state index in [0.29, 0.717) is 39.5 Å². The van der Waals surface area contributed by atoms with Crippen molar-refractivity contribution < 1.29 is 18.7 Å². The first-order chi connectivity index (χ1) is 17.0. The molecule has 172 valence electrons. The maximum absolute atomic E-state index is 13.8. The largest absolute Gasteiger partial charge is 0.465 e. The summed E-state index contributed by atoms with van der Waals surface area (Å²) in [5.74, 6) is -0.283. The minimum Gasteiger partial charge on any atom is -0.465 e. The van der Waals surface area contributed by atoms with Gasteiger partial charge in [0.2, 0.25) is 0 Å². The molecule has 4 aromatic carbocycles. The number of ether oxygens (including phenoxy) is 1. The molecule has 5 heteroatoms. The van der Waals surface area contributed by atoms with Crippen LogP contribution in [-0.4, -0.2) is 18.9 Å². The number of fused-ring (bicyclic) bond motifs is 1. The van der Waals surface area contributed by atoms with E-state index in [1.54, 1.807) is 36.4 Å². The summed E-state index contributed by atoms with van der Waals surface area (Å²) in [4.78, 5) is 26.1. The summed E-state index contributed by atoms with van der Waals surface area (Å²) in [5.41, 5.74) is 4.15. The van der Waals surface area contributed by atoms with Crippen molar-refractivity contribution in [1.29, 1.82) is 0 Å². The molecule has 0 spiro atoms. The van der Waals surface area contributed by atoms with Crippen molar-refractivity contribution >= 4 is 34.1 Å². The summed E-state index contributed by atoms with van der Waals surface area (Å²) in [6.45, 7) is 0. The first kappa shape index (κ1) is 22.6. The van der Waals surface area contributed by atoms with E-state index in [4.69, 9.17) is 20.8 Å². The Kier molecular flexibility index (Phi) is 6.21. The van der Waals surface area contributed by atoms with E-state index in [0.717, 1.165) is 21.9 Å². The lowest BCUT2D eigenvalue weighted by Gasteiger charge is -2.14. The summed E-state index contributed by atoms with van der Waals surface area (Å²) >= 11 is 6.06. The lowest BCUT2D eigenvalue weighted by molar-refractivity contribution is 0.0601. The molecule has 35 heavy (non-hydrogen) atoms. The van der Waals surface area contributed by atoms with Crippen molar-refractivity contribution in [1.82, 2.24) is 0 Å². The number of esters is 1. The number of hydrogen-bond donors (Lipinski definition) is 0. The molecule has 0 fully saturated rings. The van der Waals surface area contributed by atoms with Gasteiger partial charge in [0.05, 0.1) is 13.4 Å². The van der Waals surface area contributed by atoms with Crippen LogP contribution in [0.5, 0.6) is 0 Å². The van der Waals surface area contributed by atoms with E-state index in [9.17, 15) is 9.59 Å². The Balaban J connectivity index is 1.74. The van der Waals surface area contributed by atoms with Gasteiger partial charge in [-0.05, 0) is 70.8 Å². The molecule has 5 rings (SSSR count). The third-order valence-corrected chi connectivity index (χ3v) is 6.24. The van der Waals surface area contributed by atoms with Crippen molar-refractivity contribution in [2.24, 2.45) is 0 Å². The van der Waals surface area contributed by atoms with Crippen LogP contribution in [0, 0.1) is 0 Å². The third kappa shape index (κ3) is 4.48. The Bertz CT molecular complexity index is 1530. The second-order valence-electron chi connectivity index (χ2n) is 8.19. The Morgan fingerprint density at radius 1 is 0.857 bits per heavy atom. The molecule has 1 aromatic heterocycles. The lowest BCUT2D eigenvalue weighted by Crippen LogP contribution is -2.06. The highest BCUT2D eigenvalue weighted by molar-refractivity contribution is 6.30. The van der Waals surface area contributed by atoms with Crippen molar-refractivity contribution in [2.75, 3.05) is 7.11 Å². The molecular formula is C30H21ClO4. The number of rotatable bonds is 6. The Morgan fingerprint density at radius 2 is 1.63 bits per heavy atom. The SMILES string of the molecule is COC(=O)c1ccoc1-c1cc(C(=O)c2ccc(Cl)cc2)c2c(Cc3ccccc3)cccc2c1. The number of furan rings is 1. The van der Waals surface area contributed by atoms with Gasteiger partial charge in [0, 0.05) is 21.7 Å². The van der Waals surface area contributed by atoms with Gasteiger partial charge < -0.3 is 9.15 Å². The van der Waals surface area contributed by atoms with E-state index in [1.807, 2.05) is 42.5 Å². The molecule has 0 aliphatic rings. The molecule has 0 unspecified atom stereocenters. The zero-order valence-corrected chi connectivity index (χ0v) is 19.7. The molecule has 0 amide bonds. The molecule has 5 aromatic rings. The van der Waals surface area contributed by atoms with E-state index in [2.05, 4.69) is 12.1 Å². The molecule has 0 saturated carbocycles. The molecule has 0 saturated heterocycles. The lowest BCUT2D eigenvalue weighted by atomic mass is 9.89. The van der Waals surface area contributed by atoms with Gasteiger partial charge in [0.1, 0.15) is 11.3 Å². The van der Waals surface area contributed by atoms with Gasteiger partial charge in [0.15, 0.2) is 5.78 Å². The summed E-state index contributed by atoms with van der Waals surface area (Å²) in [7, 11) is 1.32. The molecule has 0 aliphatic carbocycles. The van der Waals surface area contributed by atoms with Crippen LogP contribution in [0.2, 0.25) is 5.02 Å². The highest BCUT2D eigenvalue weighted by Crippen LogP contribution is 2.34. The number of methoxy groups -OCH3 is 1. The van der Waals surface area contributed by atoms with Crippen LogP contribution in [0.3, 0.4) is 0 Å². The van der Waals surface area contributed by atoms with Crippen LogP contribution in [-0.2, 0) is 11.2 Å². The van der Waals surface area contributed by atoms with Gasteiger partial charge in [0.25, 0.3) is 0 Å². The van der Waals surface area contributed by atoms with Crippen molar-refractivity contribution in [2.45, 2.75) is 6.42 Å². The van der Waals surface area contributed by atoms with Crippen LogP contribution in [0.15, 0.2) is 102 Å². The summed E-state index contributed by atoms with van der Waals surface area (Å²) in [6.07, 6.45) is 2.12. The van der Waals surface area contributed by atoms with E-state index in [1.165, 1.54) is 13.4 Å². The molecule has 1 heterocycles. The van der Waals surface area contributed by atoms with E-state index >= 15 is 0 Å². The topological polar surface area (TPSA) is 56.5 Å². The first-order valence-electron chi connectivity index (χ1n) is 11.1. The smallest absolute Gasteiger partial charge is 0.341 e. The normalized spacial score (nSPS) is 10.9. The van der Waals surface area contributed by atoms with Gasteiger partial charge in [-0.2, -0.15) is 0 Å². The van der Waals surface area contributed by atoms with Crippen LogP contribution >= 0.6 is 11.6 Å². The number of benzene rings is 4. The molecule has 0 bridgehead atoms. The average Bonchev–Trinajstić information content (AvgIpc) is 3.38. The second kappa shape index (κ2) is 9.61. The number of carbonyl (C=O) groups is 2. The van der Waals surface area contributed by atoms with E-state index in [-0.39, 0.29) is 5.78 Å². The highest BCUT2D eigenvalue weighted by Gasteiger charge is 2.22. The van der Waals surface area contributed by atoms with Crippen LogP contribution < -0.4 is 0 Å². The maximum atomic E-state index is 13.8. The zero-order chi connectivity index (χ0) is 24.4. The molecule has 0 radical (unpaired) electrons. The molecular weight excluding hydrogens is 460 g/mol. The van der Waals surface area contributed by atoms with Crippen LogP contribution in [0.1, 0.15) is 37.4 Å². The van der Waals surface area contributed by atoms with Crippen LogP contribution in [0.4, 0.5) is 0 Å². The standard InChI is InChI=1S/C30H21ClO4/c1-34-30(33)25-14-15-35-29(25)23-17-22-9-5-8-21(16-19-6-3-2-4-7-19)27(22)26(18-23)28(32)20-10-12-24(31)13-11-20/h2-15,17-18H,16H2,1H3. The van der Waals surface area contributed by atoms with Gasteiger partial charge in [-0.3, -0.25) is 4.79 Å². The van der Waals surface area contributed by atoms with E-state index < -0.39 is 5.97 Å². The van der Waals surface area contributed by atoms with Gasteiger partial charge >= 0.3 is 5.97 Å². The predicted octanol–water partition coefficient (Wildman–Crippen LogP) is 7.36. The fraction of sp³-hybridized carbons (Fsp3) is 0.0667. The summed E-state index contributed by atoms with van der Waals surface area (Å²) in [5, 5.41) is 2.30. The Labute approximate surface area is 207 Å². The Morgan fingerprint density at radius 3 is 2.37 bits per heavy atom. The molecule has 0 N–H and O–H groups in total. The highest BCUT2D eigenvalue weighted by atomic mass is 35.5. The minimum atomic E-state index is -0.503. The van der Waals surface area contributed by atoms with Crippen LogP contribution in [0.25, 0.3) is 22.1 Å². The summed E-state index contributed by atoms with van der Waals surface area (Å²) < 4.78 is 10.6. The molecule has 0 aliphatic heterocycles. The average molecular weight is 481 g/mol. The maximum Gasteiger partial charge on any atom is 0.341 e. The molecule has 4 nitrogen and oxygen atoms in total. The molecule has 0 atom stereocenters. The van der Waals surface area contributed by atoms with Crippen molar-refractivity contribution in [3.8, 4) is 11.3 Å². The second-order valence-corrected chi connectivity index (χ2v) is 8.63. The summed E-state index contributed by atoms with van der Waals surface area (Å²) in [6, 6.07) is 28.2. The fourth-order valence-electron chi connectivity index (χ4n) is 4.34. The Hall–Kier alpha value is -4.15. The predicted molar refractivity (Wildman–Crippen MR) is 137 cm³/mol. The number of ketones is 1. The van der Waals surface area contributed by atoms with Crippen molar-refractivity contribution in [3.63, 3.8) is 0 Å². The van der Waals surface area contributed by atoms with Gasteiger partial charge in [-0.25, -0.2) is 4.79 Å². The minimum absolute atomic E-state index is 0.139. The third-order valence-electron chi connectivity index (χ3n) is 5.98. The fourth-order valence-corrected chi connectivity index (χ4v) is 4.47. The number of hydrogen-bond acceptors (Lipinski definition) is 4. The zero-order valence-electron chi connectivity index (χ0n) is 19.0. The first-order valence-corrected chi connectivity index (χ1v) is 11.5. The van der Waals surface area contributed by atoms with Gasteiger partial charge in [-0.1, -0.05) is 60.1 Å². The van der Waals surface area contributed by atoms with Crippen molar-refractivity contribution in [3.05, 3.63) is 130 Å². The quantitative estimate of drug-likeness (QED) is 0.188. The number of halogens is 1. The number of carbonyl (C=O) groups excluding carboxylic acids is 2. The monoisotopic (exact) mass is 480 g/mol. The van der Waals surface area contributed by atoms with Gasteiger partial charge in [-0.15, -0.1) is 0 Å².